The van der Waals surface area contributed by atoms with E-state index in [1.165, 1.54) is 42.8 Å². The first-order chi connectivity index (χ1) is 14.6. The lowest BCUT2D eigenvalue weighted by atomic mass is 10.3. The van der Waals surface area contributed by atoms with Gasteiger partial charge in [0.25, 0.3) is 0 Å². The second-order valence-electron chi connectivity index (χ2n) is 7.02. The van der Waals surface area contributed by atoms with Gasteiger partial charge in [-0.15, -0.1) is 10.2 Å². The molecule has 1 amide bonds. The molecule has 0 atom stereocenters. The molecule has 1 aromatic heterocycles. The molecule has 156 valence electrons. The minimum Gasteiger partial charge on any atom is -0.325 e. The number of nitrogens with zero attached hydrogens (tertiary/aromatic N) is 4. The summed E-state index contributed by atoms with van der Waals surface area (Å²) in [7, 11) is 0. The molecule has 1 aliphatic heterocycles. The molecule has 0 aliphatic carbocycles. The highest BCUT2D eigenvalue weighted by molar-refractivity contribution is 7.99. The van der Waals surface area contributed by atoms with Gasteiger partial charge in [-0.05, 0) is 56.3 Å². The quantitative estimate of drug-likeness (QED) is 0.546. The Labute approximate surface area is 183 Å². The number of hydrogen-bond acceptors (Lipinski definition) is 5. The third-order valence-corrected chi connectivity index (χ3v) is 6.03. The van der Waals surface area contributed by atoms with Gasteiger partial charge in [0.15, 0.2) is 11.0 Å². The van der Waals surface area contributed by atoms with Crippen LogP contribution in [0.4, 0.5) is 10.1 Å². The van der Waals surface area contributed by atoms with Crippen molar-refractivity contribution in [2.75, 3.05) is 24.2 Å². The molecule has 0 radical (unpaired) electrons. The molecule has 0 saturated carbocycles. The predicted octanol–water partition coefficient (Wildman–Crippen LogP) is 4.39. The summed E-state index contributed by atoms with van der Waals surface area (Å²) in [6, 6.07) is 14.0. The Hall–Kier alpha value is -2.42. The first-order valence-electron chi connectivity index (χ1n) is 9.70. The fourth-order valence-corrected chi connectivity index (χ4v) is 4.33. The molecule has 0 unspecified atom stereocenters. The third kappa shape index (κ3) is 5.00. The van der Waals surface area contributed by atoms with Crippen LogP contribution in [0.2, 0.25) is 5.02 Å². The molecule has 2 heterocycles. The predicted molar refractivity (Wildman–Crippen MR) is 117 cm³/mol. The van der Waals surface area contributed by atoms with Gasteiger partial charge in [-0.1, -0.05) is 41.6 Å². The molecule has 1 saturated heterocycles. The first-order valence-corrected chi connectivity index (χ1v) is 11.1. The minimum absolute atomic E-state index is 0.0316. The Kier molecular flexibility index (Phi) is 6.66. The average Bonchev–Trinajstić information content (AvgIpc) is 3.40. The van der Waals surface area contributed by atoms with Crippen LogP contribution in [-0.4, -0.2) is 44.4 Å². The number of nitrogens with one attached hydrogen (secondary N) is 1. The number of anilines is 1. The summed E-state index contributed by atoms with van der Waals surface area (Å²) in [5, 5.41) is 12.1. The molecule has 1 fully saturated rings. The molecular weight excluding hydrogens is 425 g/mol. The Balaban J connectivity index is 1.48. The third-order valence-electron chi connectivity index (χ3n) is 4.81. The number of hydrogen-bond donors (Lipinski definition) is 1. The zero-order valence-electron chi connectivity index (χ0n) is 16.2. The van der Waals surface area contributed by atoms with Crippen LogP contribution >= 0.6 is 23.4 Å². The van der Waals surface area contributed by atoms with E-state index in [0.717, 1.165) is 31.1 Å². The highest BCUT2D eigenvalue weighted by Gasteiger charge is 2.20. The molecule has 3 aromatic rings. The lowest BCUT2D eigenvalue weighted by Crippen LogP contribution is -2.21. The second kappa shape index (κ2) is 9.59. The van der Waals surface area contributed by atoms with E-state index < -0.39 is 5.82 Å². The van der Waals surface area contributed by atoms with Crippen LogP contribution in [0, 0.1) is 5.82 Å². The van der Waals surface area contributed by atoms with Crippen molar-refractivity contribution in [2.45, 2.75) is 24.5 Å². The van der Waals surface area contributed by atoms with Gasteiger partial charge in [0.05, 0.1) is 17.3 Å². The van der Waals surface area contributed by atoms with Crippen molar-refractivity contribution in [3.63, 3.8) is 0 Å². The van der Waals surface area contributed by atoms with Crippen LogP contribution in [0.15, 0.2) is 53.7 Å². The molecule has 0 bridgehead atoms. The SMILES string of the molecule is O=C(CSc1nnc(CN2CCCC2)n1-c1ccccc1)Nc1ccc(F)c(Cl)c1. The summed E-state index contributed by atoms with van der Waals surface area (Å²) in [6.45, 7) is 2.85. The zero-order chi connectivity index (χ0) is 20.9. The molecule has 30 heavy (non-hydrogen) atoms. The topological polar surface area (TPSA) is 63.1 Å². The van der Waals surface area contributed by atoms with Gasteiger partial charge in [-0.3, -0.25) is 14.3 Å². The summed E-state index contributed by atoms with van der Waals surface area (Å²) < 4.78 is 15.3. The minimum atomic E-state index is -0.523. The summed E-state index contributed by atoms with van der Waals surface area (Å²) in [5.74, 6) is 0.247. The molecule has 4 rings (SSSR count). The van der Waals surface area contributed by atoms with Gasteiger partial charge in [-0.25, -0.2) is 4.39 Å². The van der Waals surface area contributed by atoms with E-state index in [1.54, 1.807) is 0 Å². The number of likely N-dealkylation sites (tertiary alicyclic amines) is 1. The van der Waals surface area contributed by atoms with Gasteiger partial charge in [0.1, 0.15) is 5.82 Å². The molecule has 0 spiro atoms. The van der Waals surface area contributed by atoms with Gasteiger partial charge in [0, 0.05) is 11.4 Å². The number of rotatable bonds is 7. The van der Waals surface area contributed by atoms with Crippen LogP contribution in [0.1, 0.15) is 18.7 Å². The van der Waals surface area contributed by atoms with Crippen LogP contribution in [0.5, 0.6) is 0 Å². The van der Waals surface area contributed by atoms with Crippen molar-refractivity contribution in [1.29, 1.82) is 0 Å². The molecule has 1 aliphatic rings. The first kappa shape index (κ1) is 20.8. The molecule has 1 N–H and O–H groups in total. The Morgan fingerprint density at radius 3 is 2.63 bits per heavy atom. The smallest absolute Gasteiger partial charge is 0.234 e. The van der Waals surface area contributed by atoms with Gasteiger partial charge in [0.2, 0.25) is 5.91 Å². The number of carbonyl (C=O) groups excluding carboxylic acids is 1. The lowest BCUT2D eigenvalue weighted by molar-refractivity contribution is -0.113. The van der Waals surface area contributed by atoms with Gasteiger partial charge < -0.3 is 5.32 Å². The van der Waals surface area contributed by atoms with Gasteiger partial charge in [-0.2, -0.15) is 0 Å². The number of para-hydroxylation sites is 1. The van der Waals surface area contributed by atoms with E-state index in [0.29, 0.717) is 10.8 Å². The van der Waals surface area contributed by atoms with E-state index in [2.05, 4.69) is 20.4 Å². The van der Waals surface area contributed by atoms with Crippen LogP contribution < -0.4 is 5.32 Å². The van der Waals surface area contributed by atoms with Crippen LogP contribution in [-0.2, 0) is 11.3 Å². The highest BCUT2D eigenvalue weighted by Crippen LogP contribution is 2.24. The van der Waals surface area contributed by atoms with Crippen LogP contribution in [0.25, 0.3) is 5.69 Å². The fourth-order valence-electron chi connectivity index (χ4n) is 3.37. The monoisotopic (exact) mass is 445 g/mol. The normalized spacial score (nSPS) is 14.2. The average molecular weight is 446 g/mol. The Morgan fingerprint density at radius 2 is 1.90 bits per heavy atom. The molecule has 9 heteroatoms. The Morgan fingerprint density at radius 1 is 1.13 bits per heavy atom. The van der Waals surface area contributed by atoms with Crippen molar-refractivity contribution in [2.24, 2.45) is 0 Å². The van der Waals surface area contributed by atoms with Crippen molar-refractivity contribution < 1.29 is 9.18 Å². The second-order valence-corrected chi connectivity index (χ2v) is 8.37. The Bertz CT molecular complexity index is 1020. The molecule has 2 aromatic carbocycles. The van der Waals surface area contributed by atoms with E-state index >= 15 is 0 Å². The number of aromatic nitrogens is 3. The van der Waals surface area contributed by atoms with Crippen molar-refractivity contribution in [3.8, 4) is 5.69 Å². The van der Waals surface area contributed by atoms with E-state index in [-0.39, 0.29) is 16.7 Å². The highest BCUT2D eigenvalue weighted by atomic mass is 35.5. The molecular formula is C21H21ClFN5OS. The number of carbonyl (C=O) groups is 1. The maximum Gasteiger partial charge on any atom is 0.234 e. The standard InChI is InChI=1S/C21H21ClFN5OS/c22-17-12-15(8-9-18(17)23)24-20(29)14-30-21-26-25-19(13-27-10-4-5-11-27)28(21)16-6-2-1-3-7-16/h1-3,6-9,12H,4-5,10-11,13-14H2,(H,24,29). The number of thioether (sulfide) groups is 1. The largest absolute Gasteiger partial charge is 0.325 e. The van der Waals surface area contributed by atoms with E-state index in [4.69, 9.17) is 11.6 Å². The summed E-state index contributed by atoms with van der Waals surface area (Å²) in [4.78, 5) is 14.7. The summed E-state index contributed by atoms with van der Waals surface area (Å²) >= 11 is 7.08. The number of halogens is 2. The van der Waals surface area contributed by atoms with Crippen molar-refractivity contribution in [3.05, 3.63) is 65.2 Å². The maximum atomic E-state index is 13.3. The fraction of sp³-hybridized carbons (Fsp3) is 0.286. The maximum absolute atomic E-state index is 13.3. The summed E-state index contributed by atoms with van der Waals surface area (Å²) in [6.07, 6.45) is 2.41. The molecule has 6 nitrogen and oxygen atoms in total. The number of amides is 1. The van der Waals surface area contributed by atoms with E-state index in [9.17, 15) is 9.18 Å². The van der Waals surface area contributed by atoms with Crippen molar-refractivity contribution >= 4 is 35.0 Å². The lowest BCUT2D eigenvalue weighted by Gasteiger charge is -2.16. The van der Waals surface area contributed by atoms with E-state index in [1.807, 2.05) is 34.9 Å². The number of benzene rings is 2. The van der Waals surface area contributed by atoms with Crippen LogP contribution in [0.3, 0.4) is 0 Å². The van der Waals surface area contributed by atoms with Crippen molar-refractivity contribution in [1.82, 2.24) is 19.7 Å². The zero-order valence-corrected chi connectivity index (χ0v) is 17.8. The summed E-state index contributed by atoms with van der Waals surface area (Å²) in [5.41, 5.74) is 1.41. The van der Waals surface area contributed by atoms with Gasteiger partial charge >= 0.3 is 0 Å².